The Bertz CT molecular complexity index is 586. The van der Waals surface area contributed by atoms with Crippen LogP contribution in [0.3, 0.4) is 0 Å². The highest BCUT2D eigenvalue weighted by molar-refractivity contribution is 7.10. The van der Waals surface area contributed by atoms with Crippen LogP contribution in [0.15, 0.2) is 36.0 Å². The normalized spacial score (nSPS) is 13.5. The Morgan fingerprint density at radius 2 is 2.29 bits per heavy atom. The third-order valence-electron chi connectivity index (χ3n) is 3.09. The number of pyridine rings is 1. The summed E-state index contributed by atoms with van der Waals surface area (Å²) in [5.41, 5.74) is 1.63. The average molecular weight is 305 g/mol. The molecule has 21 heavy (non-hydrogen) atoms. The van der Waals surface area contributed by atoms with Gasteiger partial charge < -0.3 is 15.7 Å². The number of aliphatic hydroxyl groups excluding tert-OH is 1. The van der Waals surface area contributed by atoms with Gasteiger partial charge in [0.2, 0.25) is 0 Å². The Hall–Kier alpha value is -1.92. The topological polar surface area (TPSA) is 74.2 Å². The van der Waals surface area contributed by atoms with Crippen molar-refractivity contribution in [2.75, 3.05) is 5.32 Å². The molecular weight excluding hydrogens is 286 g/mol. The van der Waals surface area contributed by atoms with Crippen molar-refractivity contribution in [1.82, 2.24) is 10.3 Å². The highest BCUT2D eigenvalue weighted by Gasteiger charge is 2.15. The Labute approximate surface area is 128 Å². The summed E-state index contributed by atoms with van der Waals surface area (Å²) in [7, 11) is 0. The summed E-state index contributed by atoms with van der Waals surface area (Å²) in [5.74, 6) is 0. The van der Waals surface area contributed by atoms with E-state index in [9.17, 15) is 9.90 Å². The van der Waals surface area contributed by atoms with E-state index in [1.54, 1.807) is 18.5 Å². The fourth-order valence-electron chi connectivity index (χ4n) is 1.99. The lowest BCUT2D eigenvalue weighted by Gasteiger charge is -2.18. The Morgan fingerprint density at radius 1 is 1.48 bits per heavy atom. The highest BCUT2D eigenvalue weighted by atomic mass is 32.1. The minimum absolute atomic E-state index is 0.135. The number of nitrogens with zero attached hydrogens (tertiary/aromatic N) is 1. The van der Waals surface area contributed by atoms with Crippen molar-refractivity contribution < 1.29 is 9.90 Å². The van der Waals surface area contributed by atoms with Crippen molar-refractivity contribution >= 4 is 23.1 Å². The molecule has 6 heteroatoms. The van der Waals surface area contributed by atoms with E-state index in [-0.39, 0.29) is 12.1 Å². The molecule has 0 aliphatic heterocycles. The number of hydrogen-bond donors (Lipinski definition) is 3. The molecule has 2 aromatic rings. The second kappa shape index (κ2) is 7.19. The van der Waals surface area contributed by atoms with Crippen LogP contribution in [-0.2, 0) is 0 Å². The molecule has 0 radical (unpaired) electrons. The third-order valence-corrected chi connectivity index (χ3v) is 4.07. The molecule has 0 spiro atoms. The van der Waals surface area contributed by atoms with Gasteiger partial charge >= 0.3 is 6.03 Å². The van der Waals surface area contributed by atoms with Crippen LogP contribution in [0.4, 0.5) is 10.5 Å². The second-order valence-electron chi connectivity index (χ2n) is 4.96. The van der Waals surface area contributed by atoms with Gasteiger partial charge in [0, 0.05) is 29.0 Å². The number of anilines is 1. The van der Waals surface area contributed by atoms with Crippen molar-refractivity contribution in [3.8, 4) is 0 Å². The summed E-state index contributed by atoms with van der Waals surface area (Å²) < 4.78 is 0. The van der Waals surface area contributed by atoms with Crippen molar-refractivity contribution in [3.63, 3.8) is 0 Å². The molecule has 3 N–H and O–H groups in total. The lowest BCUT2D eigenvalue weighted by Crippen LogP contribution is -2.37. The van der Waals surface area contributed by atoms with Gasteiger partial charge in [0.15, 0.2) is 0 Å². The quantitative estimate of drug-likeness (QED) is 0.794. The van der Waals surface area contributed by atoms with E-state index in [1.807, 2.05) is 31.4 Å². The van der Waals surface area contributed by atoms with Gasteiger partial charge in [-0.3, -0.25) is 4.98 Å². The van der Waals surface area contributed by atoms with Crippen molar-refractivity contribution in [1.29, 1.82) is 0 Å². The number of carbonyl (C=O) groups is 1. The molecule has 2 aromatic heterocycles. The van der Waals surface area contributed by atoms with Gasteiger partial charge in [-0.15, -0.1) is 11.3 Å². The van der Waals surface area contributed by atoms with Crippen LogP contribution in [0.25, 0.3) is 0 Å². The molecule has 2 heterocycles. The maximum atomic E-state index is 11.9. The van der Waals surface area contributed by atoms with E-state index >= 15 is 0 Å². The molecule has 112 valence electrons. The molecule has 0 saturated carbocycles. The summed E-state index contributed by atoms with van der Waals surface area (Å²) in [6.07, 6.45) is 3.25. The molecular formula is C15H19N3O2S. The first-order valence-corrected chi connectivity index (χ1v) is 7.64. The maximum absolute atomic E-state index is 11.9. The number of urea groups is 1. The van der Waals surface area contributed by atoms with E-state index in [1.165, 1.54) is 11.3 Å². The molecule has 2 rings (SSSR count). The molecule has 2 unspecified atom stereocenters. The van der Waals surface area contributed by atoms with E-state index in [0.29, 0.717) is 6.42 Å². The number of nitrogens with one attached hydrogen (secondary N) is 2. The van der Waals surface area contributed by atoms with Crippen LogP contribution in [0.5, 0.6) is 0 Å². The van der Waals surface area contributed by atoms with E-state index in [0.717, 1.165) is 16.1 Å². The predicted molar refractivity (Wildman–Crippen MR) is 84.5 cm³/mol. The number of carbonyl (C=O) groups excluding carboxylic acids is 1. The van der Waals surface area contributed by atoms with Gasteiger partial charge in [-0.2, -0.15) is 0 Å². The minimum atomic E-state index is -0.553. The molecule has 5 nitrogen and oxygen atoms in total. The molecule has 0 aliphatic rings. The Balaban J connectivity index is 1.83. The summed E-state index contributed by atoms with van der Waals surface area (Å²) in [6, 6.07) is 5.13. The second-order valence-corrected chi connectivity index (χ2v) is 5.94. The van der Waals surface area contributed by atoms with Gasteiger partial charge in [-0.05, 0) is 43.3 Å². The number of rotatable bonds is 5. The summed E-state index contributed by atoms with van der Waals surface area (Å²) in [4.78, 5) is 16.8. The van der Waals surface area contributed by atoms with Crippen LogP contribution in [0.1, 0.15) is 29.9 Å². The zero-order valence-corrected chi connectivity index (χ0v) is 12.9. The van der Waals surface area contributed by atoms with Crippen molar-refractivity contribution in [2.24, 2.45) is 0 Å². The number of aryl methyl sites for hydroxylation is 1. The first-order chi connectivity index (χ1) is 10.1. The smallest absolute Gasteiger partial charge is 0.319 e. The Morgan fingerprint density at radius 3 is 2.95 bits per heavy atom. The highest BCUT2D eigenvalue weighted by Crippen LogP contribution is 2.22. The SMILES string of the molecule is Cc1cnccc1NC(=O)NC(C)CC(O)c1cccs1. The van der Waals surface area contributed by atoms with Crippen LogP contribution in [-0.4, -0.2) is 22.2 Å². The number of hydrogen-bond acceptors (Lipinski definition) is 4. The molecule has 2 amide bonds. The molecule has 0 aliphatic carbocycles. The van der Waals surface area contributed by atoms with Crippen LogP contribution in [0, 0.1) is 6.92 Å². The molecule has 0 aromatic carbocycles. The third kappa shape index (κ3) is 4.54. The standard InChI is InChI=1S/C15H19N3O2S/c1-10-9-16-6-5-12(10)18-15(20)17-11(2)8-13(19)14-4-3-7-21-14/h3-7,9,11,13,19H,8H2,1-2H3,(H2,16,17,18,20). The van der Waals surface area contributed by atoms with E-state index < -0.39 is 6.10 Å². The average Bonchev–Trinajstić information content (AvgIpc) is 2.95. The molecule has 0 saturated heterocycles. The molecule has 0 fully saturated rings. The molecule has 2 atom stereocenters. The fourth-order valence-corrected chi connectivity index (χ4v) is 2.71. The lowest BCUT2D eigenvalue weighted by molar-refractivity contribution is 0.158. The van der Waals surface area contributed by atoms with Gasteiger partial charge in [0.25, 0.3) is 0 Å². The fraction of sp³-hybridized carbons (Fsp3) is 0.333. The minimum Gasteiger partial charge on any atom is -0.387 e. The number of amides is 2. The van der Waals surface area contributed by atoms with Crippen LogP contribution >= 0.6 is 11.3 Å². The van der Waals surface area contributed by atoms with E-state index in [2.05, 4.69) is 15.6 Å². The predicted octanol–water partition coefficient (Wildman–Crippen LogP) is 3.09. The zero-order valence-electron chi connectivity index (χ0n) is 12.0. The number of thiophene rings is 1. The van der Waals surface area contributed by atoms with Crippen LogP contribution < -0.4 is 10.6 Å². The molecule has 0 bridgehead atoms. The lowest BCUT2D eigenvalue weighted by atomic mass is 10.1. The summed E-state index contributed by atoms with van der Waals surface area (Å²) >= 11 is 1.51. The van der Waals surface area contributed by atoms with Gasteiger partial charge in [-0.1, -0.05) is 6.07 Å². The first-order valence-electron chi connectivity index (χ1n) is 6.76. The maximum Gasteiger partial charge on any atom is 0.319 e. The largest absolute Gasteiger partial charge is 0.387 e. The van der Waals surface area contributed by atoms with Gasteiger partial charge in [-0.25, -0.2) is 4.79 Å². The first kappa shape index (κ1) is 15.5. The monoisotopic (exact) mass is 305 g/mol. The van der Waals surface area contributed by atoms with E-state index in [4.69, 9.17) is 0 Å². The number of aliphatic hydroxyl groups is 1. The summed E-state index contributed by atoms with van der Waals surface area (Å²) in [5, 5.41) is 17.6. The van der Waals surface area contributed by atoms with Crippen molar-refractivity contribution in [2.45, 2.75) is 32.4 Å². The summed E-state index contributed by atoms with van der Waals surface area (Å²) in [6.45, 7) is 3.75. The number of aromatic nitrogens is 1. The van der Waals surface area contributed by atoms with Crippen molar-refractivity contribution in [3.05, 3.63) is 46.4 Å². The zero-order chi connectivity index (χ0) is 15.2. The van der Waals surface area contributed by atoms with Gasteiger partial charge in [0.1, 0.15) is 0 Å². The van der Waals surface area contributed by atoms with Crippen LogP contribution in [0.2, 0.25) is 0 Å². The van der Waals surface area contributed by atoms with Gasteiger partial charge in [0.05, 0.1) is 6.10 Å². The Kier molecular flexibility index (Phi) is 5.30.